The van der Waals surface area contributed by atoms with Crippen molar-refractivity contribution in [2.75, 3.05) is 0 Å². The van der Waals surface area contributed by atoms with Crippen LogP contribution in [0.4, 0.5) is 0 Å². The van der Waals surface area contributed by atoms with Gasteiger partial charge in [0.15, 0.2) is 0 Å². The number of hydrogen-bond donors (Lipinski definition) is 1. The summed E-state index contributed by atoms with van der Waals surface area (Å²) in [6.07, 6.45) is 0.457. The van der Waals surface area contributed by atoms with Crippen molar-refractivity contribution in [2.24, 2.45) is 0 Å². The van der Waals surface area contributed by atoms with E-state index in [4.69, 9.17) is 11.6 Å². The monoisotopic (exact) mass is 271 g/mol. The zero-order chi connectivity index (χ0) is 12.6. The van der Waals surface area contributed by atoms with Crippen molar-refractivity contribution in [3.63, 3.8) is 0 Å². The van der Waals surface area contributed by atoms with Crippen LogP contribution in [0.5, 0.6) is 0 Å². The first kappa shape index (κ1) is 12.1. The van der Waals surface area contributed by atoms with Gasteiger partial charge in [-0.3, -0.25) is 9.78 Å². The zero-order valence-electron chi connectivity index (χ0n) is 9.28. The van der Waals surface area contributed by atoms with Gasteiger partial charge in [-0.2, -0.15) is 0 Å². The lowest BCUT2D eigenvalue weighted by Gasteiger charge is -2.04. The predicted octanol–water partition coefficient (Wildman–Crippen LogP) is 1.51. The fourth-order valence-corrected chi connectivity index (χ4v) is 2.56. The molecule has 0 saturated heterocycles. The van der Waals surface area contributed by atoms with Crippen LogP contribution in [0.2, 0.25) is 5.15 Å². The molecule has 0 amide bonds. The smallest absolute Gasteiger partial charge is 0.297 e. The molecule has 0 aromatic carbocycles. The largest absolute Gasteiger partial charge is 0.336 e. The van der Waals surface area contributed by atoms with E-state index in [0.29, 0.717) is 17.1 Å². The van der Waals surface area contributed by atoms with E-state index in [0.717, 1.165) is 10.3 Å². The minimum Gasteiger partial charge on any atom is -0.297 e. The predicted molar refractivity (Wildman–Crippen MR) is 67.5 cm³/mol. The summed E-state index contributed by atoms with van der Waals surface area (Å²) >= 11 is 7.06. The van der Waals surface area contributed by atoms with Gasteiger partial charge in [-0.15, -0.1) is 11.3 Å². The van der Waals surface area contributed by atoms with Gasteiger partial charge in [0, 0.05) is 5.38 Å². The minimum absolute atomic E-state index is 0.104. The highest BCUT2D eigenvalue weighted by Crippen LogP contribution is 2.12. The summed E-state index contributed by atoms with van der Waals surface area (Å²) in [6.45, 7) is 3.61. The van der Waals surface area contributed by atoms with Crippen molar-refractivity contribution >= 4 is 22.9 Å². The van der Waals surface area contributed by atoms with Gasteiger partial charge in [0.05, 0.1) is 11.3 Å². The second-order valence-electron chi connectivity index (χ2n) is 3.49. The van der Waals surface area contributed by atoms with Crippen LogP contribution in [-0.2, 0) is 6.42 Å². The summed E-state index contributed by atoms with van der Waals surface area (Å²) < 4.78 is 1.02. The zero-order valence-corrected chi connectivity index (χ0v) is 10.9. The molecule has 0 unspecified atom stereocenters. The molecule has 90 valence electrons. The van der Waals surface area contributed by atoms with Crippen LogP contribution in [0.3, 0.4) is 0 Å². The molecule has 0 aliphatic rings. The van der Waals surface area contributed by atoms with Crippen LogP contribution in [0.15, 0.2) is 15.0 Å². The number of nitrogens with one attached hydrogen (secondary N) is 1. The second-order valence-corrected chi connectivity index (χ2v) is 4.70. The third kappa shape index (κ3) is 2.05. The number of nitrogens with zero attached hydrogens (tertiary/aromatic N) is 2. The van der Waals surface area contributed by atoms with Crippen LogP contribution in [0.1, 0.15) is 18.2 Å². The third-order valence-corrected chi connectivity index (χ3v) is 3.56. The van der Waals surface area contributed by atoms with Gasteiger partial charge < -0.3 is 0 Å². The van der Waals surface area contributed by atoms with Gasteiger partial charge in [0.25, 0.3) is 5.56 Å². The lowest BCUT2D eigenvalue weighted by Crippen LogP contribution is -2.35. The molecule has 0 radical (unpaired) electrons. The van der Waals surface area contributed by atoms with Gasteiger partial charge in [-0.1, -0.05) is 18.5 Å². The molecular weight excluding hydrogens is 262 g/mol. The number of hydrogen-bond acceptors (Lipinski definition) is 4. The Balaban J connectivity index is 2.79. The van der Waals surface area contributed by atoms with Crippen LogP contribution in [-0.4, -0.2) is 14.5 Å². The molecule has 1 N–H and O–H groups in total. The van der Waals surface area contributed by atoms with Crippen molar-refractivity contribution in [2.45, 2.75) is 20.3 Å². The van der Waals surface area contributed by atoms with Crippen molar-refractivity contribution in [1.82, 2.24) is 14.5 Å². The standard InChI is InChI=1S/C10H10ClN3O2S/c1-3-6-7(11)13-9(16)14(8(6)15)10-12-5(2)4-17-10/h4H,3H2,1-2H3,(H,13,16). The molecule has 17 heavy (non-hydrogen) atoms. The maximum atomic E-state index is 12.1. The Morgan fingerprint density at radius 2 is 2.24 bits per heavy atom. The van der Waals surface area contributed by atoms with Crippen molar-refractivity contribution < 1.29 is 0 Å². The second kappa shape index (κ2) is 4.46. The fraction of sp³-hybridized carbons (Fsp3) is 0.300. The van der Waals surface area contributed by atoms with E-state index in [1.54, 1.807) is 19.2 Å². The number of halogens is 1. The highest BCUT2D eigenvalue weighted by Gasteiger charge is 2.14. The number of aromatic nitrogens is 3. The SMILES string of the molecule is CCc1c(Cl)[nH]c(=O)n(-c2nc(C)cs2)c1=O. The Labute approximate surface area is 106 Å². The molecule has 2 heterocycles. The lowest BCUT2D eigenvalue weighted by atomic mass is 10.2. The molecule has 5 nitrogen and oxygen atoms in total. The summed E-state index contributed by atoms with van der Waals surface area (Å²) in [5.74, 6) is 0. The fourth-order valence-electron chi connectivity index (χ4n) is 1.47. The molecule has 2 aromatic rings. The third-order valence-electron chi connectivity index (χ3n) is 2.30. The Morgan fingerprint density at radius 1 is 1.53 bits per heavy atom. The quantitative estimate of drug-likeness (QED) is 0.842. The molecule has 0 fully saturated rings. The number of H-pyrrole nitrogens is 1. The summed E-state index contributed by atoms with van der Waals surface area (Å²) in [6, 6.07) is 0. The van der Waals surface area contributed by atoms with E-state index in [2.05, 4.69) is 9.97 Å². The summed E-state index contributed by atoms with van der Waals surface area (Å²) in [5, 5.41) is 2.24. The van der Waals surface area contributed by atoms with Gasteiger partial charge in [-0.05, 0) is 13.3 Å². The molecular formula is C10H10ClN3O2S. The Bertz CT molecular complexity index is 671. The Kier molecular flexibility index (Phi) is 3.17. The number of thiazole rings is 1. The average molecular weight is 272 g/mol. The molecule has 0 aliphatic carbocycles. The number of aromatic amines is 1. The van der Waals surface area contributed by atoms with Crippen LogP contribution >= 0.6 is 22.9 Å². The minimum atomic E-state index is -0.563. The van der Waals surface area contributed by atoms with Gasteiger partial charge in [-0.25, -0.2) is 14.3 Å². The number of aryl methyl sites for hydroxylation is 1. The molecule has 7 heteroatoms. The first-order valence-corrected chi connectivity index (χ1v) is 6.26. The molecule has 0 spiro atoms. The van der Waals surface area contributed by atoms with Crippen LogP contribution in [0, 0.1) is 6.92 Å². The summed E-state index contributed by atoms with van der Waals surface area (Å²) in [5.41, 5.74) is 0.186. The Hall–Kier alpha value is -1.40. The molecule has 0 atom stereocenters. The highest BCUT2D eigenvalue weighted by atomic mass is 35.5. The van der Waals surface area contributed by atoms with Gasteiger partial charge in [0.2, 0.25) is 5.13 Å². The van der Waals surface area contributed by atoms with Crippen molar-refractivity contribution in [3.8, 4) is 5.13 Å². The van der Waals surface area contributed by atoms with Gasteiger partial charge in [0.1, 0.15) is 5.15 Å². The number of rotatable bonds is 2. The van der Waals surface area contributed by atoms with E-state index < -0.39 is 11.2 Å². The topological polar surface area (TPSA) is 67.8 Å². The average Bonchev–Trinajstić information content (AvgIpc) is 2.64. The van der Waals surface area contributed by atoms with Gasteiger partial charge >= 0.3 is 5.69 Å². The maximum Gasteiger partial charge on any atom is 0.336 e. The first-order valence-electron chi connectivity index (χ1n) is 5.00. The van der Waals surface area contributed by atoms with Crippen LogP contribution < -0.4 is 11.2 Å². The Morgan fingerprint density at radius 3 is 2.76 bits per heavy atom. The van der Waals surface area contributed by atoms with E-state index >= 15 is 0 Å². The van der Waals surface area contributed by atoms with E-state index in [1.165, 1.54) is 11.3 Å². The van der Waals surface area contributed by atoms with E-state index in [9.17, 15) is 9.59 Å². The van der Waals surface area contributed by atoms with E-state index in [-0.39, 0.29) is 5.15 Å². The molecule has 0 aliphatic heterocycles. The van der Waals surface area contributed by atoms with Crippen LogP contribution in [0.25, 0.3) is 5.13 Å². The maximum absolute atomic E-state index is 12.1. The van der Waals surface area contributed by atoms with Crippen molar-refractivity contribution in [3.05, 3.63) is 42.6 Å². The first-order chi connectivity index (χ1) is 8.04. The molecule has 0 bridgehead atoms. The van der Waals surface area contributed by atoms with E-state index in [1.807, 2.05) is 0 Å². The van der Waals surface area contributed by atoms with Crippen molar-refractivity contribution in [1.29, 1.82) is 0 Å². The molecule has 2 rings (SSSR count). The highest BCUT2D eigenvalue weighted by molar-refractivity contribution is 7.12. The summed E-state index contributed by atoms with van der Waals surface area (Å²) in [7, 11) is 0. The summed E-state index contributed by atoms with van der Waals surface area (Å²) in [4.78, 5) is 30.4. The lowest BCUT2D eigenvalue weighted by molar-refractivity contribution is 0.832. The normalized spacial score (nSPS) is 10.8. The molecule has 0 saturated carbocycles. The molecule has 2 aromatic heterocycles.